The molecule has 0 rings (SSSR count). The van der Waals surface area contributed by atoms with Crippen molar-refractivity contribution in [3.8, 4) is 0 Å². The van der Waals surface area contributed by atoms with Crippen LogP contribution < -0.4 is 0 Å². The summed E-state index contributed by atoms with van der Waals surface area (Å²) in [4.78, 5) is 2.16. The number of hydrogen-bond acceptors (Lipinski definition) is 3. The van der Waals surface area contributed by atoms with E-state index in [4.69, 9.17) is 12.2 Å². The Bertz CT molecular complexity index is 91.1. The van der Waals surface area contributed by atoms with Crippen LogP contribution in [-0.4, -0.2) is 35.5 Å². The maximum Gasteiger partial charge on any atom is 0.0447 e. The van der Waals surface area contributed by atoms with Crippen LogP contribution in [0.5, 0.6) is 0 Å². The molecular formula is C6H13NS2. The van der Waals surface area contributed by atoms with Gasteiger partial charge < -0.3 is 4.90 Å². The van der Waals surface area contributed by atoms with Crippen molar-refractivity contribution >= 4 is 28.2 Å². The number of hydrogen-bond donors (Lipinski definition) is 0. The van der Waals surface area contributed by atoms with Gasteiger partial charge in [-0.25, -0.2) is 0 Å². The predicted octanol–water partition coefficient (Wildman–Crippen LogP) is 1.63. The van der Waals surface area contributed by atoms with Gasteiger partial charge >= 0.3 is 0 Å². The second-order valence-corrected chi connectivity index (χ2v) is 4.32. The summed E-state index contributed by atoms with van der Waals surface area (Å²) >= 11 is 6.64. The van der Waals surface area contributed by atoms with Crippen LogP contribution in [0.1, 0.15) is 6.92 Å². The average Bonchev–Trinajstić information content (AvgIpc) is 1.63. The third kappa shape index (κ3) is 8.40. The van der Waals surface area contributed by atoms with E-state index in [1.807, 2.05) is 6.92 Å². The number of rotatable bonds is 3. The third-order valence-corrected chi connectivity index (χ3v) is 1.99. The minimum atomic E-state index is 1.04. The zero-order chi connectivity index (χ0) is 7.28. The van der Waals surface area contributed by atoms with Gasteiger partial charge in [0.2, 0.25) is 0 Å². The molecule has 0 radical (unpaired) electrons. The second kappa shape index (κ2) is 5.21. The fourth-order valence-electron chi connectivity index (χ4n) is 0.372. The van der Waals surface area contributed by atoms with Gasteiger partial charge in [0.05, 0.1) is 0 Å². The molecule has 54 valence electrons. The second-order valence-electron chi connectivity index (χ2n) is 2.14. The number of thiocarbonyl (C=S) groups is 1. The van der Waals surface area contributed by atoms with Gasteiger partial charge in [0.15, 0.2) is 0 Å². The van der Waals surface area contributed by atoms with Crippen LogP contribution in [0, 0.1) is 0 Å². The lowest BCUT2D eigenvalue weighted by atomic mass is 10.7. The molecule has 0 aliphatic carbocycles. The first-order valence-corrected chi connectivity index (χ1v) is 4.30. The molecule has 0 saturated carbocycles. The summed E-state index contributed by atoms with van der Waals surface area (Å²) in [6.45, 7) is 3.08. The molecule has 0 aromatic rings. The molecule has 0 spiro atoms. The Kier molecular flexibility index (Phi) is 5.44. The minimum absolute atomic E-state index is 1.04. The molecule has 0 saturated heterocycles. The molecule has 0 bridgehead atoms. The molecule has 0 unspecified atom stereocenters. The molecule has 0 aliphatic heterocycles. The summed E-state index contributed by atoms with van der Waals surface area (Å²) in [6, 6.07) is 0. The van der Waals surface area contributed by atoms with Crippen LogP contribution in [0.3, 0.4) is 0 Å². The van der Waals surface area contributed by atoms with Gasteiger partial charge in [-0.15, -0.1) is 11.8 Å². The Morgan fingerprint density at radius 1 is 1.56 bits per heavy atom. The van der Waals surface area contributed by atoms with Crippen molar-refractivity contribution in [3.05, 3.63) is 0 Å². The molecule has 0 amide bonds. The summed E-state index contributed by atoms with van der Waals surface area (Å²) in [7, 11) is 4.14. The summed E-state index contributed by atoms with van der Waals surface area (Å²) in [5, 5.41) is 0. The average molecular weight is 163 g/mol. The van der Waals surface area contributed by atoms with E-state index >= 15 is 0 Å². The highest BCUT2D eigenvalue weighted by Crippen LogP contribution is 2.02. The zero-order valence-electron chi connectivity index (χ0n) is 6.18. The highest BCUT2D eigenvalue weighted by atomic mass is 32.2. The lowest BCUT2D eigenvalue weighted by molar-refractivity contribution is 0.438. The fourth-order valence-corrected chi connectivity index (χ4v) is 1.37. The highest BCUT2D eigenvalue weighted by Gasteiger charge is 1.90. The predicted molar refractivity (Wildman–Crippen MR) is 49.3 cm³/mol. The van der Waals surface area contributed by atoms with Crippen LogP contribution in [0.4, 0.5) is 0 Å². The Morgan fingerprint density at radius 2 is 2.11 bits per heavy atom. The molecular weight excluding hydrogens is 150 g/mol. The maximum atomic E-state index is 4.89. The molecule has 1 nitrogen and oxygen atoms in total. The van der Waals surface area contributed by atoms with Crippen LogP contribution in [0.25, 0.3) is 0 Å². The molecule has 0 aliphatic rings. The maximum absolute atomic E-state index is 4.89. The van der Waals surface area contributed by atoms with Gasteiger partial charge in [-0.05, 0) is 21.0 Å². The summed E-state index contributed by atoms with van der Waals surface area (Å²) < 4.78 is 1.04. The summed E-state index contributed by atoms with van der Waals surface area (Å²) in [5.74, 6) is 1.11. The van der Waals surface area contributed by atoms with Crippen LogP contribution >= 0.6 is 24.0 Å². The van der Waals surface area contributed by atoms with Crippen molar-refractivity contribution in [2.75, 3.05) is 26.4 Å². The molecule has 0 atom stereocenters. The molecule has 0 N–H and O–H groups in total. The summed E-state index contributed by atoms with van der Waals surface area (Å²) in [5.41, 5.74) is 0. The first-order valence-electron chi connectivity index (χ1n) is 2.91. The van der Waals surface area contributed by atoms with Crippen molar-refractivity contribution in [2.24, 2.45) is 0 Å². The Morgan fingerprint density at radius 3 is 2.44 bits per heavy atom. The van der Waals surface area contributed by atoms with Crippen molar-refractivity contribution in [1.82, 2.24) is 4.90 Å². The largest absolute Gasteiger partial charge is 0.309 e. The van der Waals surface area contributed by atoms with Crippen molar-refractivity contribution in [3.63, 3.8) is 0 Å². The van der Waals surface area contributed by atoms with Gasteiger partial charge in [0.25, 0.3) is 0 Å². The van der Waals surface area contributed by atoms with Crippen LogP contribution in [-0.2, 0) is 0 Å². The zero-order valence-corrected chi connectivity index (χ0v) is 7.81. The van der Waals surface area contributed by atoms with E-state index in [1.165, 1.54) is 0 Å². The van der Waals surface area contributed by atoms with Crippen LogP contribution in [0.2, 0.25) is 0 Å². The molecule has 0 aromatic carbocycles. The Labute approximate surface area is 66.8 Å². The number of nitrogens with zero attached hydrogens (tertiary/aromatic N) is 1. The molecule has 3 heteroatoms. The van der Waals surface area contributed by atoms with E-state index in [2.05, 4.69) is 19.0 Å². The van der Waals surface area contributed by atoms with E-state index < -0.39 is 0 Å². The van der Waals surface area contributed by atoms with Gasteiger partial charge in [0, 0.05) is 16.5 Å². The van der Waals surface area contributed by atoms with Crippen molar-refractivity contribution in [2.45, 2.75) is 6.92 Å². The van der Waals surface area contributed by atoms with Gasteiger partial charge in [-0.2, -0.15) is 0 Å². The highest BCUT2D eigenvalue weighted by molar-refractivity contribution is 8.23. The van der Waals surface area contributed by atoms with Gasteiger partial charge in [-0.3, -0.25) is 0 Å². The molecule has 9 heavy (non-hydrogen) atoms. The van der Waals surface area contributed by atoms with Crippen molar-refractivity contribution < 1.29 is 0 Å². The first kappa shape index (κ1) is 9.40. The van der Waals surface area contributed by atoms with E-state index in [0.717, 1.165) is 16.5 Å². The quantitative estimate of drug-likeness (QED) is 0.582. The van der Waals surface area contributed by atoms with Gasteiger partial charge in [0.1, 0.15) is 0 Å². The normalized spacial score (nSPS) is 10.2. The molecule has 0 fully saturated rings. The fraction of sp³-hybridized carbons (Fsp3) is 0.833. The Balaban J connectivity index is 3.01. The molecule has 0 heterocycles. The third-order valence-electron chi connectivity index (χ3n) is 0.844. The van der Waals surface area contributed by atoms with E-state index in [9.17, 15) is 0 Å². The first-order chi connectivity index (χ1) is 4.13. The van der Waals surface area contributed by atoms with Crippen LogP contribution in [0.15, 0.2) is 0 Å². The SMILES string of the molecule is CC(=S)SCCN(C)C. The lowest BCUT2D eigenvalue weighted by Gasteiger charge is -2.06. The monoisotopic (exact) mass is 163 g/mol. The standard InChI is InChI=1S/C6H13NS2/c1-6(8)9-5-4-7(2)3/h4-5H2,1-3H3. The smallest absolute Gasteiger partial charge is 0.0447 e. The number of thioether (sulfide) groups is 1. The lowest BCUT2D eigenvalue weighted by Crippen LogP contribution is -2.15. The topological polar surface area (TPSA) is 3.24 Å². The van der Waals surface area contributed by atoms with Crippen molar-refractivity contribution in [1.29, 1.82) is 0 Å². The minimum Gasteiger partial charge on any atom is -0.309 e. The van der Waals surface area contributed by atoms with Gasteiger partial charge in [-0.1, -0.05) is 12.2 Å². The summed E-state index contributed by atoms with van der Waals surface area (Å²) in [6.07, 6.45) is 0. The van der Waals surface area contributed by atoms with E-state index in [1.54, 1.807) is 11.8 Å². The van der Waals surface area contributed by atoms with E-state index in [0.29, 0.717) is 0 Å². The molecule has 0 aromatic heterocycles. The Hall–Kier alpha value is 0.400. The van der Waals surface area contributed by atoms with E-state index in [-0.39, 0.29) is 0 Å².